The number of carbonyl (C=O) groups is 5. The quantitative estimate of drug-likeness (QED) is 0.225. The van der Waals surface area contributed by atoms with E-state index in [-0.39, 0.29) is 39.0 Å². The second-order valence-corrected chi connectivity index (χ2v) is 9.83. The van der Waals surface area contributed by atoms with E-state index in [1.807, 2.05) is 19.1 Å². The standard InChI is InChI=1S/C28H42N4O7/c1-7-18-32(26(36)21(14-15-22(29)33)31-27(37)39-28(4,5)6)24(20-12-10-19(8-2)11-13-20)25(35)30-17-16-23(34)38-9-3/h7,10-13,21,24H,1,8-9,14-18H2,2-6H3,(H2,29,33)(H,30,35)(H,31,37). The highest BCUT2D eigenvalue weighted by atomic mass is 16.6. The van der Waals surface area contributed by atoms with E-state index in [0.29, 0.717) is 5.56 Å². The molecular weight excluding hydrogens is 504 g/mol. The lowest BCUT2D eigenvalue weighted by Crippen LogP contribution is -2.53. The first-order valence-electron chi connectivity index (χ1n) is 13.0. The molecule has 0 spiro atoms. The average Bonchev–Trinajstić information content (AvgIpc) is 2.85. The Bertz CT molecular complexity index is 1000. The number of benzene rings is 1. The molecule has 1 rings (SSSR count). The van der Waals surface area contributed by atoms with E-state index in [2.05, 4.69) is 17.2 Å². The van der Waals surface area contributed by atoms with Crippen LogP contribution in [0.4, 0.5) is 4.79 Å². The molecule has 1 aromatic carbocycles. The number of alkyl carbamates (subject to hydrolysis) is 1. The first kappa shape index (κ1) is 33.1. The molecule has 0 bridgehead atoms. The summed E-state index contributed by atoms with van der Waals surface area (Å²) in [5.74, 6) is -2.29. The molecule has 2 unspecified atom stereocenters. The van der Waals surface area contributed by atoms with Crippen molar-refractivity contribution in [2.24, 2.45) is 5.73 Å². The van der Waals surface area contributed by atoms with E-state index < -0.39 is 47.5 Å². The highest BCUT2D eigenvalue weighted by Crippen LogP contribution is 2.24. The maximum absolute atomic E-state index is 13.9. The zero-order valence-corrected chi connectivity index (χ0v) is 23.6. The van der Waals surface area contributed by atoms with Gasteiger partial charge in [-0.15, -0.1) is 6.58 Å². The number of hydrogen-bond donors (Lipinski definition) is 3. The molecule has 0 saturated heterocycles. The molecule has 1 aromatic rings. The lowest BCUT2D eigenvalue weighted by Gasteiger charge is -2.34. The molecule has 39 heavy (non-hydrogen) atoms. The summed E-state index contributed by atoms with van der Waals surface area (Å²) in [5.41, 5.74) is 6.03. The molecule has 0 aliphatic rings. The number of rotatable bonds is 15. The molecule has 0 radical (unpaired) electrons. The highest BCUT2D eigenvalue weighted by Gasteiger charge is 2.36. The predicted molar refractivity (Wildman–Crippen MR) is 146 cm³/mol. The predicted octanol–water partition coefficient (Wildman–Crippen LogP) is 2.53. The largest absolute Gasteiger partial charge is 0.466 e. The summed E-state index contributed by atoms with van der Waals surface area (Å²) in [5, 5.41) is 5.22. The Morgan fingerprint density at radius 1 is 1.08 bits per heavy atom. The van der Waals surface area contributed by atoms with Gasteiger partial charge in [0.15, 0.2) is 0 Å². The fourth-order valence-corrected chi connectivity index (χ4v) is 3.68. The molecule has 4 N–H and O–H groups in total. The van der Waals surface area contributed by atoms with Gasteiger partial charge in [0.25, 0.3) is 0 Å². The van der Waals surface area contributed by atoms with Gasteiger partial charge in [-0.05, 0) is 51.7 Å². The van der Waals surface area contributed by atoms with Crippen LogP contribution in [-0.4, -0.2) is 66.0 Å². The third-order valence-electron chi connectivity index (χ3n) is 5.47. The van der Waals surface area contributed by atoms with Crippen LogP contribution in [0.1, 0.15) is 71.0 Å². The van der Waals surface area contributed by atoms with Gasteiger partial charge in [-0.2, -0.15) is 0 Å². The van der Waals surface area contributed by atoms with Crippen LogP contribution in [0.3, 0.4) is 0 Å². The van der Waals surface area contributed by atoms with Crippen LogP contribution in [0.15, 0.2) is 36.9 Å². The molecule has 216 valence electrons. The van der Waals surface area contributed by atoms with Gasteiger partial charge in [-0.3, -0.25) is 19.2 Å². The van der Waals surface area contributed by atoms with Crippen molar-refractivity contribution in [3.63, 3.8) is 0 Å². The van der Waals surface area contributed by atoms with Gasteiger partial charge in [0.05, 0.1) is 13.0 Å². The van der Waals surface area contributed by atoms with Crippen molar-refractivity contribution in [3.8, 4) is 0 Å². The third-order valence-corrected chi connectivity index (χ3v) is 5.47. The summed E-state index contributed by atoms with van der Waals surface area (Å²) in [6.07, 6.45) is 1.05. The summed E-state index contributed by atoms with van der Waals surface area (Å²) in [4.78, 5) is 64.4. The Balaban J connectivity index is 3.39. The van der Waals surface area contributed by atoms with Gasteiger partial charge in [-0.1, -0.05) is 37.3 Å². The number of esters is 1. The van der Waals surface area contributed by atoms with Gasteiger partial charge in [0.2, 0.25) is 17.7 Å². The Hall–Kier alpha value is -3.89. The highest BCUT2D eigenvalue weighted by molar-refractivity contribution is 5.92. The lowest BCUT2D eigenvalue weighted by molar-refractivity contribution is -0.144. The molecule has 0 aromatic heterocycles. The number of nitrogens with one attached hydrogen (secondary N) is 2. The second-order valence-electron chi connectivity index (χ2n) is 9.83. The summed E-state index contributed by atoms with van der Waals surface area (Å²) in [6.45, 7) is 12.6. The summed E-state index contributed by atoms with van der Waals surface area (Å²) >= 11 is 0. The van der Waals surface area contributed by atoms with Gasteiger partial charge >= 0.3 is 12.1 Å². The first-order chi connectivity index (χ1) is 18.3. The maximum Gasteiger partial charge on any atom is 0.408 e. The van der Waals surface area contributed by atoms with Crippen molar-refractivity contribution in [1.29, 1.82) is 0 Å². The Labute approximate surface area is 230 Å². The number of carbonyl (C=O) groups excluding carboxylic acids is 5. The van der Waals surface area contributed by atoms with Crippen molar-refractivity contribution in [3.05, 3.63) is 48.0 Å². The Kier molecular flexibility index (Phi) is 13.7. The van der Waals surface area contributed by atoms with Crippen molar-refractivity contribution in [2.45, 2.75) is 78.0 Å². The lowest BCUT2D eigenvalue weighted by atomic mass is 9.99. The van der Waals surface area contributed by atoms with Gasteiger partial charge in [-0.25, -0.2) is 4.79 Å². The molecule has 0 aliphatic heterocycles. The van der Waals surface area contributed by atoms with E-state index in [4.69, 9.17) is 15.2 Å². The van der Waals surface area contributed by atoms with Crippen molar-refractivity contribution in [2.75, 3.05) is 19.7 Å². The number of nitrogens with two attached hydrogens (primary N) is 1. The van der Waals surface area contributed by atoms with E-state index >= 15 is 0 Å². The van der Waals surface area contributed by atoms with Gasteiger partial charge < -0.3 is 30.7 Å². The number of ether oxygens (including phenoxy) is 2. The van der Waals surface area contributed by atoms with Crippen LogP contribution < -0.4 is 16.4 Å². The number of hydrogen-bond acceptors (Lipinski definition) is 7. The van der Waals surface area contributed by atoms with Crippen LogP contribution in [-0.2, 0) is 35.1 Å². The van der Waals surface area contributed by atoms with Crippen molar-refractivity contribution >= 4 is 29.8 Å². The molecule has 4 amide bonds. The van der Waals surface area contributed by atoms with E-state index in [1.165, 1.54) is 11.0 Å². The molecule has 11 nitrogen and oxygen atoms in total. The average molecular weight is 547 g/mol. The topological polar surface area (TPSA) is 157 Å². The maximum atomic E-state index is 13.9. The first-order valence-corrected chi connectivity index (χ1v) is 13.0. The van der Waals surface area contributed by atoms with Crippen LogP contribution in [0.5, 0.6) is 0 Å². The minimum atomic E-state index is -1.21. The van der Waals surface area contributed by atoms with Crippen molar-refractivity contribution in [1.82, 2.24) is 15.5 Å². The van der Waals surface area contributed by atoms with Crippen LogP contribution >= 0.6 is 0 Å². The summed E-state index contributed by atoms with van der Waals surface area (Å²) in [6, 6.07) is 4.87. The van der Waals surface area contributed by atoms with Crippen LogP contribution in [0, 0.1) is 0 Å². The van der Waals surface area contributed by atoms with E-state index in [0.717, 1.165) is 12.0 Å². The molecule has 0 aliphatic carbocycles. The minimum absolute atomic E-state index is 0.00140. The SMILES string of the molecule is C=CCN(C(=O)C(CCC(N)=O)NC(=O)OC(C)(C)C)C(C(=O)NCCC(=O)OCC)c1ccc(CC)cc1. The smallest absolute Gasteiger partial charge is 0.408 e. The second kappa shape index (κ2) is 16.2. The summed E-state index contributed by atoms with van der Waals surface area (Å²) < 4.78 is 10.2. The number of aryl methyl sites for hydroxylation is 1. The van der Waals surface area contributed by atoms with E-state index in [1.54, 1.807) is 39.8 Å². The molecule has 11 heteroatoms. The fourth-order valence-electron chi connectivity index (χ4n) is 3.68. The fraction of sp³-hybridized carbons (Fsp3) is 0.536. The molecule has 0 heterocycles. The zero-order chi connectivity index (χ0) is 29.6. The normalized spacial score (nSPS) is 12.4. The van der Waals surface area contributed by atoms with Gasteiger partial charge in [0, 0.05) is 19.5 Å². The Morgan fingerprint density at radius 3 is 2.23 bits per heavy atom. The summed E-state index contributed by atoms with van der Waals surface area (Å²) in [7, 11) is 0. The van der Waals surface area contributed by atoms with Crippen LogP contribution in [0.25, 0.3) is 0 Å². The Morgan fingerprint density at radius 2 is 1.72 bits per heavy atom. The van der Waals surface area contributed by atoms with E-state index in [9.17, 15) is 24.0 Å². The van der Waals surface area contributed by atoms with Crippen molar-refractivity contribution < 1.29 is 33.4 Å². The number of primary amides is 1. The molecular formula is C28H42N4O7. The zero-order valence-electron chi connectivity index (χ0n) is 23.6. The number of amides is 4. The number of nitrogens with zero attached hydrogens (tertiary/aromatic N) is 1. The monoisotopic (exact) mass is 546 g/mol. The minimum Gasteiger partial charge on any atom is -0.466 e. The van der Waals surface area contributed by atoms with Gasteiger partial charge in [0.1, 0.15) is 17.7 Å². The molecule has 2 atom stereocenters. The molecule has 0 fully saturated rings. The molecule has 0 saturated carbocycles. The van der Waals surface area contributed by atoms with Crippen LogP contribution in [0.2, 0.25) is 0 Å². The third kappa shape index (κ3) is 12.0.